The van der Waals surface area contributed by atoms with E-state index in [0.717, 1.165) is 94.8 Å². The van der Waals surface area contributed by atoms with E-state index in [2.05, 4.69) is 80.2 Å². The minimum atomic E-state index is -1.04. The first-order valence-electron chi connectivity index (χ1n) is 15.4. The van der Waals surface area contributed by atoms with E-state index in [1.165, 1.54) is 39.1 Å². The van der Waals surface area contributed by atoms with Crippen LogP contribution >= 0.6 is 0 Å². The Kier molecular flexibility index (Phi) is 5.45. The minimum Gasteiger partial charge on any atom is -0.456 e. The largest absolute Gasteiger partial charge is 0.456 e. The maximum Gasteiger partial charge on any atom is 0.340 e. The predicted octanol–water partition coefficient (Wildman–Crippen LogP) is 8.41. The highest BCUT2D eigenvalue weighted by molar-refractivity contribution is 6.00. The van der Waals surface area contributed by atoms with Crippen LogP contribution in [0, 0.1) is 48.5 Å². The average molecular weight is 550 g/mol. The summed E-state index contributed by atoms with van der Waals surface area (Å²) in [6.07, 6.45) is 4.28. The molecule has 0 radical (unpaired) electrons. The summed E-state index contributed by atoms with van der Waals surface area (Å²) in [5.74, 6) is 1.58. The second kappa shape index (κ2) is 8.40. The molecular weight excluding hydrogens is 506 g/mol. The summed E-state index contributed by atoms with van der Waals surface area (Å²) in [5.41, 5.74) is 16.2. The van der Waals surface area contributed by atoms with E-state index < -0.39 is 5.60 Å². The Morgan fingerprint density at radius 3 is 2.07 bits per heavy atom. The van der Waals surface area contributed by atoms with Gasteiger partial charge < -0.3 is 14.4 Å². The van der Waals surface area contributed by atoms with Gasteiger partial charge in [0.15, 0.2) is 5.60 Å². The summed E-state index contributed by atoms with van der Waals surface area (Å²) in [5, 5.41) is 0. The van der Waals surface area contributed by atoms with Crippen molar-refractivity contribution in [3.05, 3.63) is 84.0 Å². The Hall–Kier alpha value is -3.27. The number of fused-ring (bicyclic) bond motifs is 7. The summed E-state index contributed by atoms with van der Waals surface area (Å²) in [6, 6.07) is 2.35. The molecule has 4 heterocycles. The average Bonchev–Trinajstić information content (AvgIpc) is 3.22. The van der Waals surface area contributed by atoms with Crippen LogP contribution in [0.2, 0.25) is 0 Å². The fraction of sp³-hybridized carbons (Fsp3) is 0.486. The van der Waals surface area contributed by atoms with Crippen LogP contribution in [0.25, 0.3) is 0 Å². The van der Waals surface area contributed by atoms with Gasteiger partial charge >= 0.3 is 5.97 Å². The van der Waals surface area contributed by atoms with Crippen LogP contribution in [0.5, 0.6) is 11.5 Å². The van der Waals surface area contributed by atoms with Crippen LogP contribution in [0.3, 0.4) is 0 Å². The number of rotatable bonds is 0. The molecule has 1 atom stereocenters. The molecule has 0 amide bonds. The molecule has 3 aromatic carbocycles. The van der Waals surface area contributed by atoms with E-state index in [0.29, 0.717) is 0 Å². The van der Waals surface area contributed by atoms with Crippen molar-refractivity contribution >= 4 is 11.7 Å². The number of esters is 1. The number of aryl methyl sites for hydroxylation is 1. The molecule has 0 N–H and O–H groups in total. The van der Waals surface area contributed by atoms with Gasteiger partial charge in [-0.05, 0) is 136 Å². The summed E-state index contributed by atoms with van der Waals surface area (Å²) >= 11 is 0. The maximum absolute atomic E-state index is 14.1. The van der Waals surface area contributed by atoms with Crippen molar-refractivity contribution in [1.82, 2.24) is 0 Å². The fourth-order valence-electron chi connectivity index (χ4n) is 8.86. The van der Waals surface area contributed by atoms with Crippen LogP contribution in [-0.2, 0) is 28.6 Å². The lowest BCUT2D eigenvalue weighted by molar-refractivity contribution is 0.0219. The Morgan fingerprint density at radius 2 is 1.39 bits per heavy atom. The molecule has 1 spiro atoms. The van der Waals surface area contributed by atoms with E-state index in [9.17, 15) is 4.79 Å². The maximum atomic E-state index is 14.1. The second-order valence-electron chi connectivity index (χ2n) is 14.1. The lowest BCUT2D eigenvalue weighted by Crippen LogP contribution is -2.39. The lowest BCUT2D eigenvalue weighted by atomic mass is 9.68. The quantitative estimate of drug-likeness (QED) is 0.264. The molecule has 4 nitrogen and oxygen atoms in total. The SMILES string of the molecule is Cc1c(C)c(C)c2c(c1C)C(=O)OC21c2cc3c4c(c2Oc2c(C)c(C(C)(C)C)c(C)c(C)c21)CCCN4CCC3. The molecule has 214 valence electrons. The van der Waals surface area contributed by atoms with Gasteiger partial charge in [0.25, 0.3) is 0 Å². The van der Waals surface area contributed by atoms with Crippen LogP contribution in [-0.4, -0.2) is 19.1 Å². The predicted molar refractivity (Wildman–Crippen MR) is 165 cm³/mol. The van der Waals surface area contributed by atoms with E-state index >= 15 is 0 Å². The van der Waals surface area contributed by atoms with Gasteiger partial charge in [0.2, 0.25) is 0 Å². The molecule has 0 bridgehead atoms. The molecule has 0 aliphatic carbocycles. The van der Waals surface area contributed by atoms with Gasteiger partial charge in [0, 0.05) is 35.5 Å². The summed E-state index contributed by atoms with van der Waals surface area (Å²) < 4.78 is 14.1. The Morgan fingerprint density at radius 1 is 0.756 bits per heavy atom. The smallest absolute Gasteiger partial charge is 0.340 e. The number of hydrogen-bond donors (Lipinski definition) is 0. The van der Waals surface area contributed by atoms with E-state index in [1.807, 2.05) is 0 Å². The molecule has 4 aliphatic heterocycles. The molecule has 41 heavy (non-hydrogen) atoms. The first-order chi connectivity index (χ1) is 19.3. The van der Waals surface area contributed by atoms with Gasteiger partial charge in [-0.2, -0.15) is 0 Å². The standard InChI is InChI=1S/C37H43NO3/c1-18-19(2)21(4)30-28(20(18)3)35(39)41-37(30)27-17-25-13-11-15-38-16-12-14-26(32(25)38)34(27)40-33-24(7)29(36(8,9)10)22(5)23(6)31(33)37/h17H,11-16H2,1-10H3. The van der Waals surface area contributed by atoms with Gasteiger partial charge in [0.05, 0.1) is 11.1 Å². The molecule has 4 aliphatic rings. The first-order valence-corrected chi connectivity index (χ1v) is 15.4. The van der Waals surface area contributed by atoms with E-state index in [-0.39, 0.29) is 11.4 Å². The zero-order chi connectivity index (χ0) is 29.3. The van der Waals surface area contributed by atoms with Crippen molar-refractivity contribution in [3.8, 4) is 11.5 Å². The number of carbonyl (C=O) groups excluding carboxylic acids is 1. The van der Waals surface area contributed by atoms with Gasteiger partial charge in [0.1, 0.15) is 11.5 Å². The highest BCUT2D eigenvalue weighted by atomic mass is 16.6. The van der Waals surface area contributed by atoms with Gasteiger partial charge in [-0.1, -0.05) is 20.8 Å². The van der Waals surface area contributed by atoms with Crippen LogP contribution in [0.1, 0.15) is 116 Å². The van der Waals surface area contributed by atoms with Crippen molar-refractivity contribution in [2.75, 3.05) is 18.0 Å². The third kappa shape index (κ3) is 3.20. The highest BCUT2D eigenvalue weighted by Crippen LogP contribution is 2.63. The van der Waals surface area contributed by atoms with Crippen molar-refractivity contribution in [2.24, 2.45) is 0 Å². The van der Waals surface area contributed by atoms with Crippen molar-refractivity contribution in [2.45, 2.75) is 106 Å². The lowest BCUT2D eigenvalue weighted by Gasteiger charge is -2.45. The molecule has 0 saturated carbocycles. The van der Waals surface area contributed by atoms with E-state index in [1.54, 1.807) is 0 Å². The summed E-state index contributed by atoms with van der Waals surface area (Å²) in [6.45, 7) is 24.3. The van der Waals surface area contributed by atoms with Gasteiger partial charge in [-0.3, -0.25) is 0 Å². The fourth-order valence-corrected chi connectivity index (χ4v) is 8.86. The van der Waals surface area contributed by atoms with Gasteiger partial charge in [-0.25, -0.2) is 4.79 Å². The number of nitrogens with zero attached hydrogens (tertiary/aromatic N) is 1. The molecule has 4 heteroatoms. The topological polar surface area (TPSA) is 38.8 Å². The minimum absolute atomic E-state index is 0.0594. The number of ether oxygens (including phenoxy) is 2. The van der Waals surface area contributed by atoms with Crippen LogP contribution in [0.15, 0.2) is 6.07 Å². The second-order valence-corrected chi connectivity index (χ2v) is 14.1. The molecule has 0 saturated heterocycles. The molecular formula is C37H43NO3. The van der Waals surface area contributed by atoms with Crippen molar-refractivity contribution < 1.29 is 14.3 Å². The molecule has 0 fully saturated rings. The Bertz CT molecular complexity index is 1720. The van der Waals surface area contributed by atoms with Gasteiger partial charge in [-0.15, -0.1) is 0 Å². The molecule has 7 rings (SSSR count). The van der Waals surface area contributed by atoms with Crippen molar-refractivity contribution in [1.29, 1.82) is 0 Å². The normalized spacial score (nSPS) is 20.3. The third-order valence-electron chi connectivity index (χ3n) is 10.9. The summed E-state index contributed by atoms with van der Waals surface area (Å²) in [4.78, 5) is 16.7. The molecule has 1 unspecified atom stereocenters. The zero-order valence-electron chi connectivity index (χ0n) is 26.5. The van der Waals surface area contributed by atoms with Crippen molar-refractivity contribution in [3.63, 3.8) is 0 Å². The van der Waals surface area contributed by atoms with E-state index in [4.69, 9.17) is 9.47 Å². The Labute approximate surface area is 245 Å². The van der Waals surface area contributed by atoms with Crippen LogP contribution < -0.4 is 9.64 Å². The number of anilines is 1. The molecule has 0 aromatic heterocycles. The van der Waals surface area contributed by atoms with Crippen LogP contribution in [0.4, 0.5) is 5.69 Å². The third-order valence-corrected chi connectivity index (χ3v) is 10.9. The highest BCUT2D eigenvalue weighted by Gasteiger charge is 2.58. The zero-order valence-corrected chi connectivity index (χ0v) is 26.5. The number of hydrogen-bond acceptors (Lipinski definition) is 4. The Balaban J connectivity index is 1.70. The number of benzene rings is 3. The first kappa shape index (κ1) is 26.6. The monoisotopic (exact) mass is 549 g/mol. The number of carbonyl (C=O) groups is 1. The summed E-state index contributed by atoms with van der Waals surface area (Å²) in [7, 11) is 0. The molecule has 3 aromatic rings.